The number of hydrogen-bond donors (Lipinski definition) is 0. The molecule has 1 aliphatic heterocycles. The van der Waals surface area contributed by atoms with Crippen LogP contribution >= 0.6 is 0 Å². The Bertz CT molecular complexity index is 868. The molecular formula is C17H23N9O. The molecule has 0 spiro atoms. The first-order chi connectivity index (χ1) is 13.3. The monoisotopic (exact) mass is 369 g/mol. The summed E-state index contributed by atoms with van der Waals surface area (Å²) in [4.78, 5) is 14.7. The number of aromatic nitrogens is 8. The fourth-order valence-corrected chi connectivity index (χ4v) is 3.55. The molecule has 10 nitrogen and oxygen atoms in total. The molecule has 0 N–H and O–H groups in total. The summed E-state index contributed by atoms with van der Waals surface area (Å²) in [6.45, 7) is 5.38. The fourth-order valence-electron chi connectivity index (χ4n) is 3.55. The Balaban J connectivity index is 1.45. The van der Waals surface area contributed by atoms with Crippen molar-refractivity contribution in [2.45, 2.75) is 38.8 Å². The summed E-state index contributed by atoms with van der Waals surface area (Å²) in [7, 11) is 1.62. The lowest BCUT2D eigenvalue weighted by Gasteiger charge is -2.32. The smallest absolute Gasteiger partial charge is 0.218 e. The van der Waals surface area contributed by atoms with Crippen LogP contribution in [-0.2, 0) is 13.1 Å². The molecule has 0 atom stereocenters. The molecular weight excluding hydrogens is 346 g/mol. The quantitative estimate of drug-likeness (QED) is 0.637. The molecule has 0 saturated carbocycles. The van der Waals surface area contributed by atoms with Gasteiger partial charge in [-0.15, -0.1) is 10.2 Å². The average Bonchev–Trinajstić information content (AvgIpc) is 3.38. The topological polar surface area (TPSA) is 99.7 Å². The first-order valence-electron chi connectivity index (χ1n) is 9.13. The zero-order valence-corrected chi connectivity index (χ0v) is 15.6. The van der Waals surface area contributed by atoms with Gasteiger partial charge in [-0.25, -0.2) is 19.6 Å². The second-order valence-electron chi connectivity index (χ2n) is 6.49. The number of piperidine rings is 1. The minimum absolute atomic E-state index is 0.391. The van der Waals surface area contributed by atoms with Gasteiger partial charge in [0.05, 0.1) is 7.11 Å². The first kappa shape index (κ1) is 17.4. The minimum Gasteiger partial charge on any atom is -0.481 e. The molecule has 3 aromatic rings. The molecule has 10 heteroatoms. The molecule has 0 aromatic carbocycles. The molecule has 0 radical (unpaired) electrons. The normalized spacial score (nSPS) is 15.3. The van der Waals surface area contributed by atoms with Gasteiger partial charge >= 0.3 is 0 Å². The molecule has 0 unspecified atom stereocenters. The lowest BCUT2D eigenvalue weighted by atomic mass is 9.96. The molecule has 0 bridgehead atoms. The molecule has 142 valence electrons. The van der Waals surface area contributed by atoms with E-state index < -0.39 is 0 Å². The molecule has 0 aliphatic carbocycles. The van der Waals surface area contributed by atoms with Gasteiger partial charge in [0.25, 0.3) is 0 Å². The number of anilines is 1. The molecule has 0 amide bonds. The van der Waals surface area contributed by atoms with Crippen LogP contribution in [0, 0.1) is 0 Å². The van der Waals surface area contributed by atoms with Gasteiger partial charge in [0.2, 0.25) is 5.88 Å². The molecule has 1 saturated heterocycles. The zero-order chi connectivity index (χ0) is 18.6. The van der Waals surface area contributed by atoms with E-state index in [0.717, 1.165) is 49.9 Å². The van der Waals surface area contributed by atoms with E-state index in [4.69, 9.17) is 4.74 Å². The predicted octanol–water partition coefficient (Wildman–Crippen LogP) is 1.12. The van der Waals surface area contributed by atoms with Crippen molar-refractivity contribution in [2.75, 3.05) is 25.1 Å². The number of rotatable bonds is 6. The standard InChI is InChI=1S/C17H23N9O/c1-3-26-15(9-25-12-18-10-21-25)22-23-17(26)13-4-6-24(7-5-13)14-8-16(27-2)20-11-19-14/h8,10-13H,3-7,9H2,1-2H3. The Labute approximate surface area is 157 Å². The van der Waals surface area contributed by atoms with Crippen molar-refractivity contribution in [1.29, 1.82) is 0 Å². The van der Waals surface area contributed by atoms with Crippen molar-refractivity contribution in [2.24, 2.45) is 0 Å². The van der Waals surface area contributed by atoms with Gasteiger partial charge in [0.1, 0.15) is 37.2 Å². The van der Waals surface area contributed by atoms with Crippen LogP contribution in [0.2, 0.25) is 0 Å². The highest BCUT2D eigenvalue weighted by atomic mass is 16.5. The Morgan fingerprint density at radius 1 is 1.15 bits per heavy atom. The largest absolute Gasteiger partial charge is 0.481 e. The third kappa shape index (κ3) is 3.60. The van der Waals surface area contributed by atoms with E-state index >= 15 is 0 Å². The minimum atomic E-state index is 0.391. The van der Waals surface area contributed by atoms with Crippen molar-refractivity contribution in [3.63, 3.8) is 0 Å². The zero-order valence-electron chi connectivity index (χ0n) is 15.6. The van der Waals surface area contributed by atoms with Crippen LogP contribution in [0.4, 0.5) is 5.82 Å². The summed E-state index contributed by atoms with van der Waals surface area (Å²) >= 11 is 0. The molecule has 1 aliphatic rings. The van der Waals surface area contributed by atoms with Crippen LogP contribution in [-0.4, -0.2) is 59.7 Å². The van der Waals surface area contributed by atoms with E-state index in [-0.39, 0.29) is 0 Å². The maximum atomic E-state index is 5.20. The number of methoxy groups -OCH3 is 1. The summed E-state index contributed by atoms with van der Waals surface area (Å²) in [5, 5.41) is 13.1. The first-order valence-corrected chi connectivity index (χ1v) is 9.13. The summed E-state index contributed by atoms with van der Waals surface area (Å²) in [6.07, 6.45) is 6.79. The summed E-state index contributed by atoms with van der Waals surface area (Å²) in [6, 6.07) is 1.88. The van der Waals surface area contributed by atoms with Crippen molar-refractivity contribution in [3.05, 3.63) is 36.7 Å². The van der Waals surface area contributed by atoms with E-state index in [1.165, 1.54) is 6.33 Å². The van der Waals surface area contributed by atoms with Gasteiger partial charge in [-0.1, -0.05) is 0 Å². The van der Waals surface area contributed by atoms with Gasteiger partial charge in [0.15, 0.2) is 5.82 Å². The van der Waals surface area contributed by atoms with Crippen LogP contribution in [0.15, 0.2) is 25.0 Å². The highest BCUT2D eigenvalue weighted by molar-refractivity contribution is 5.41. The second kappa shape index (κ2) is 7.68. The van der Waals surface area contributed by atoms with Crippen LogP contribution in [0.3, 0.4) is 0 Å². The Morgan fingerprint density at radius 3 is 2.70 bits per heavy atom. The molecule has 1 fully saturated rings. The SMILES string of the molecule is CCn1c(Cn2cncn2)nnc1C1CCN(c2cc(OC)ncn2)CC1. The predicted molar refractivity (Wildman–Crippen MR) is 97.6 cm³/mol. The summed E-state index contributed by atoms with van der Waals surface area (Å²) < 4.78 is 9.17. The van der Waals surface area contributed by atoms with E-state index in [1.807, 2.05) is 6.07 Å². The molecule has 4 heterocycles. The third-order valence-electron chi connectivity index (χ3n) is 4.96. The van der Waals surface area contributed by atoms with Crippen molar-refractivity contribution >= 4 is 5.82 Å². The van der Waals surface area contributed by atoms with E-state index in [0.29, 0.717) is 18.3 Å². The Kier molecular flexibility index (Phi) is 4.95. The summed E-state index contributed by atoms with van der Waals surface area (Å²) in [5.74, 6) is 3.87. The van der Waals surface area contributed by atoms with Crippen LogP contribution in [0.1, 0.15) is 37.3 Å². The van der Waals surface area contributed by atoms with Gasteiger partial charge in [-0.05, 0) is 19.8 Å². The lowest BCUT2D eigenvalue weighted by molar-refractivity contribution is 0.396. The second-order valence-corrected chi connectivity index (χ2v) is 6.49. The molecule has 3 aromatic heterocycles. The van der Waals surface area contributed by atoms with Gasteiger partial charge < -0.3 is 14.2 Å². The highest BCUT2D eigenvalue weighted by Gasteiger charge is 2.26. The number of hydrogen-bond acceptors (Lipinski definition) is 8. The van der Waals surface area contributed by atoms with E-state index in [2.05, 4.69) is 46.6 Å². The van der Waals surface area contributed by atoms with Gasteiger partial charge in [-0.2, -0.15) is 5.10 Å². The highest BCUT2D eigenvalue weighted by Crippen LogP contribution is 2.30. The van der Waals surface area contributed by atoms with Gasteiger partial charge in [0, 0.05) is 31.6 Å². The Morgan fingerprint density at radius 2 is 2.00 bits per heavy atom. The lowest BCUT2D eigenvalue weighted by Crippen LogP contribution is -2.34. The van der Waals surface area contributed by atoms with Crippen molar-refractivity contribution in [3.8, 4) is 5.88 Å². The van der Waals surface area contributed by atoms with E-state index in [1.54, 1.807) is 24.4 Å². The van der Waals surface area contributed by atoms with E-state index in [9.17, 15) is 0 Å². The van der Waals surface area contributed by atoms with Gasteiger partial charge in [-0.3, -0.25) is 0 Å². The van der Waals surface area contributed by atoms with Crippen LogP contribution in [0.25, 0.3) is 0 Å². The maximum absolute atomic E-state index is 5.20. The maximum Gasteiger partial charge on any atom is 0.218 e. The Hall–Kier alpha value is -3.04. The van der Waals surface area contributed by atoms with Crippen LogP contribution < -0.4 is 9.64 Å². The third-order valence-corrected chi connectivity index (χ3v) is 4.96. The molecule has 27 heavy (non-hydrogen) atoms. The summed E-state index contributed by atoms with van der Waals surface area (Å²) in [5.41, 5.74) is 0. The average molecular weight is 369 g/mol. The van der Waals surface area contributed by atoms with Crippen LogP contribution in [0.5, 0.6) is 5.88 Å². The molecule has 4 rings (SSSR count). The number of ether oxygens (including phenoxy) is 1. The van der Waals surface area contributed by atoms with Crippen molar-refractivity contribution in [1.82, 2.24) is 39.5 Å². The number of nitrogens with zero attached hydrogens (tertiary/aromatic N) is 9. The van der Waals surface area contributed by atoms with Crippen molar-refractivity contribution < 1.29 is 4.74 Å². The fraction of sp³-hybridized carbons (Fsp3) is 0.529.